The van der Waals surface area contributed by atoms with E-state index in [-0.39, 0.29) is 11.9 Å². The van der Waals surface area contributed by atoms with Gasteiger partial charge in [0, 0.05) is 24.0 Å². The number of carbonyl (C=O) groups is 1. The molecule has 0 aliphatic rings. The van der Waals surface area contributed by atoms with Gasteiger partial charge in [0.05, 0.1) is 6.61 Å². The van der Waals surface area contributed by atoms with Gasteiger partial charge in [-0.15, -0.1) is 0 Å². The first kappa shape index (κ1) is 18.1. The first-order valence-electron chi connectivity index (χ1n) is 8.45. The summed E-state index contributed by atoms with van der Waals surface area (Å²) in [6, 6.07) is 11.1. The highest BCUT2D eigenvalue weighted by Crippen LogP contribution is 2.16. The van der Waals surface area contributed by atoms with Crippen LogP contribution in [0.25, 0.3) is 17.5 Å². The Bertz CT molecular complexity index is 891. The van der Waals surface area contributed by atoms with Gasteiger partial charge in [-0.25, -0.2) is 5.43 Å². The van der Waals surface area contributed by atoms with Crippen molar-refractivity contribution in [2.24, 2.45) is 0 Å². The van der Waals surface area contributed by atoms with E-state index in [0.29, 0.717) is 12.4 Å². The van der Waals surface area contributed by atoms with E-state index in [1.807, 2.05) is 24.3 Å². The van der Waals surface area contributed by atoms with Crippen LogP contribution in [-0.2, 0) is 4.79 Å². The van der Waals surface area contributed by atoms with Crippen molar-refractivity contribution < 1.29 is 14.1 Å². The summed E-state index contributed by atoms with van der Waals surface area (Å²) in [6.07, 6.45) is 7.31. The van der Waals surface area contributed by atoms with E-state index in [2.05, 4.69) is 32.9 Å². The second-order valence-electron chi connectivity index (χ2n) is 5.52. The number of nitrogens with zero attached hydrogens (tertiary/aromatic N) is 3. The molecule has 8 heteroatoms. The summed E-state index contributed by atoms with van der Waals surface area (Å²) >= 11 is 0. The molecule has 138 valence electrons. The largest absolute Gasteiger partial charge is 0.494 e. The Morgan fingerprint density at radius 2 is 1.96 bits per heavy atom. The van der Waals surface area contributed by atoms with E-state index in [9.17, 15) is 4.79 Å². The maximum atomic E-state index is 11.9. The molecule has 3 aromatic rings. The molecule has 2 aromatic heterocycles. The van der Waals surface area contributed by atoms with Crippen molar-refractivity contribution in [3.8, 4) is 17.1 Å². The normalized spacial score (nSPS) is 10.7. The number of anilines is 1. The van der Waals surface area contributed by atoms with Crippen molar-refractivity contribution in [1.82, 2.24) is 20.6 Å². The van der Waals surface area contributed by atoms with E-state index >= 15 is 0 Å². The van der Waals surface area contributed by atoms with Crippen LogP contribution in [-0.4, -0.2) is 27.6 Å². The highest BCUT2D eigenvalue weighted by Gasteiger charge is 2.08. The fraction of sp³-hybridized carbons (Fsp3) is 0.158. The Kier molecular flexibility index (Phi) is 6.13. The van der Waals surface area contributed by atoms with Gasteiger partial charge in [-0.3, -0.25) is 15.2 Å². The van der Waals surface area contributed by atoms with E-state index in [0.717, 1.165) is 23.3 Å². The number of hydrogen-bond acceptors (Lipinski definition) is 7. The number of rotatable bonds is 8. The first-order chi connectivity index (χ1) is 13.2. The monoisotopic (exact) mass is 365 g/mol. The van der Waals surface area contributed by atoms with Crippen LogP contribution in [0.3, 0.4) is 0 Å². The molecule has 1 aromatic carbocycles. The zero-order valence-electron chi connectivity index (χ0n) is 14.8. The highest BCUT2D eigenvalue weighted by atomic mass is 16.5. The second kappa shape index (κ2) is 9.14. The fourth-order valence-electron chi connectivity index (χ4n) is 2.12. The average Bonchev–Trinajstić information content (AvgIpc) is 3.20. The summed E-state index contributed by atoms with van der Waals surface area (Å²) in [5.41, 5.74) is 6.69. The Hall–Kier alpha value is -3.68. The third kappa shape index (κ3) is 5.40. The van der Waals surface area contributed by atoms with Gasteiger partial charge < -0.3 is 9.26 Å². The molecule has 0 saturated heterocycles. The summed E-state index contributed by atoms with van der Waals surface area (Å²) in [6.45, 7) is 2.74. The Morgan fingerprint density at radius 3 is 2.70 bits per heavy atom. The van der Waals surface area contributed by atoms with Gasteiger partial charge in [0.2, 0.25) is 5.82 Å². The van der Waals surface area contributed by atoms with Crippen LogP contribution in [0.5, 0.6) is 5.75 Å². The van der Waals surface area contributed by atoms with Gasteiger partial charge >= 0.3 is 6.01 Å². The van der Waals surface area contributed by atoms with E-state index in [1.54, 1.807) is 30.6 Å². The topological polar surface area (TPSA) is 102 Å². The van der Waals surface area contributed by atoms with Crippen LogP contribution < -0.4 is 15.6 Å². The van der Waals surface area contributed by atoms with Crippen LogP contribution in [0.15, 0.2) is 59.4 Å². The van der Waals surface area contributed by atoms with E-state index in [4.69, 9.17) is 9.26 Å². The van der Waals surface area contributed by atoms with Crippen molar-refractivity contribution in [3.05, 3.63) is 60.4 Å². The number of nitrogens with one attached hydrogen (secondary N) is 2. The molecule has 0 bridgehead atoms. The fourth-order valence-corrected chi connectivity index (χ4v) is 2.12. The standard InChI is InChI=1S/C19H19N5O3/c1-2-13-26-16-6-3-14(4-7-16)5-8-17(25)22-23-19-21-18(24-27-19)15-9-11-20-12-10-15/h3-12H,2,13H2,1H3,(H,22,25)(H,21,23,24)/b8-5+. The molecule has 0 unspecified atom stereocenters. The lowest BCUT2D eigenvalue weighted by molar-refractivity contribution is -0.116. The predicted octanol–water partition coefficient (Wildman–Crippen LogP) is 3.08. The molecule has 3 rings (SSSR count). The zero-order chi connectivity index (χ0) is 18.9. The van der Waals surface area contributed by atoms with Gasteiger partial charge in [0.1, 0.15) is 5.75 Å². The average molecular weight is 365 g/mol. The Labute approximate surface area is 156 Å². The number of hydrogen-bond donors (Lipinski definition) is 2. The third-order valence-corrected chi connectivity index (χ3v) is 3.44. The molecule has 27 heavy (non-hydrogen) atoms. The minimum atomic E-state index is -0.357. The lowest BCUT2D eigenvalue weighted by atomic mass is 10.2. The Morgan fingerprint density at radius 1 is 1.19 bits per heavy atom. The SMILES string of the molecule is CCCOc1ccc(/C=C/C(=O)NNc2nc(-c3ccncc3)no2)cc1. The summed E-state index contributed by atoms with van der Waals surface area (Å²) in [5.74, 6) is 0.849. The Balaban J connectivity index is 1.49. The van der Waals surface area contributed by atoms with Crippen molar-refractivity contribution in [2.45, 2.75) is 13.3 Å². The summed E-state index contributed by atoms with van der Waals surface area (Å²) < 4.78 is 10.5. The molecule has 0 fully saturated rings. The number of benzene rings is 1. The van der Waals surface area contributed by atoms with Gasteiger partial charge in [-0.2, -0.15) is 4.98 Å². The second-order valence-corrected chi connectivity index (χ2v) is 5.52. The number of hydrazine groups is 1. The summed E-state index contributed by atoms with van der Waals surface area (Å²) in [7, 11) is 0. The molecule has 2 N–H and O–H groups in total. The molecular weight excluding hydrogens is 346 g/mol. The quantitative estimate of drug-likeness (QED) is 0.467. The third-order valence-electron chi connectivity index (χ3n) is 3.44. The van der Waals surface area contributed by atoms with Crippen molar-refractivity contribution in [3.63, 3.8) is 0 Å². The van der Waals surface area contributed by atoms with Crippen molar-refractivity contribution >= 4 is 18.0 Å². The molecular formula is C19H19N5O3. The first-order valence-corrected chi connectivity index (χ1v) is 8.45. The molecule has 0 aliphatic heterocycles. The molecule has 0 saturated carbocycles. The molecule has 0 atom stereocenters. The van der Waals surface area contributed by atoms with Crippen molar-refractivity contribution in [1.29, 1.82) is 0 Å². The number of carbonyl (C=O) groups excluding carboxylic acids is 1. The molecule has 0 spiro atoms. The van der Waals surface area contributed by atoms with Gasteiger partial charge in [0.25, 0.3) is 5.91 Å². The van der Waals surface area contributed by atoms with Crippen LogP contribution in [0.1, 0.15) is 18.9 Å². The molecule has 8 nitrogen and oxygen atoms in total. The minimum Gasteiger partial charge on any atom is -0.494 e. The van der Waals surface area contributed by atoms with Crippen LogP contribution >= 0.6 is 0 Å². The summed E-state index contributed by atoms with van der Waals surface area (Å²) in [5, 5.41) is 3.83. The number of ether oxygens (including phenoxy) is 1. The highest BCUT2D eigenvalue weighted by molar-refractivity contribution is 5.92. The molecule has 1 amide bonds. The summed E-state index contributed by atoms with van der Waals surface area (Å²) in [4.78, 5) is 20.0. The van der Waals surface area contributed by atoms with Crippen LogP contribution in [0.2, 0.25) is 0 Å². The van der Waals surface area contributed by atoms with Crippen LogP contribution in [0, 0.1) is 0 Å². The number of amides is 1. The maximum absolute atomic E-state index is 11.9. The van der Waals surface area contributed by atoms with Crippen LogP contribution in [0.4, 0.5) is 6.01 Å². The molecule has 0 radical (unpaired) electrons. The van der Waals surface area contributed by atoms with E-state index in [1.165, 1.54) is 6.08 Å². The lowest BCUT2D eigenvalue weighted by Crippen LogP contribution is -2.27. The molecule has 0 aliphatic carbocycles. The predicted molar refractivity (Wildman–Crippen MR) is 101 cm³/mol. The smallest absolute Gasteiger partial charge is 0.340 e. The minimum absolute atomic E-state index is 0.0842. The number of pyridine rings is 1. The van der Waals surface area contributed by atoms with Gasteiger partial charge in [-0.1, -0.05) is 24.2 Å². The number of aromatic nitrogens is 3. The van der Waals surface area contributed by atoms with Gasteiger partial charge in [0.15, 0.2) is 0 Å². The van der Waals surface area contributed by atoms with Crippen molar-refractivity contribution in [2.75, 3.05) is 12.0 Å². The van der Waals surface area contributed by atoms with Gasteiger partial charge in [-0.05, 0) is 42.3 Å². The zero-order valence-corrected chi connectivity index (χ0v) is 14.8. The van der Waals surface area contributed by atoms with E-state index < -0.39 is 0 Å². The molecule has 2 heterocycles. The maximum Gasteiger partial charge on any atom is 0.340 e. The lowest BCUT2D eigenvalue weighted by Gasteiger charge is -2.04.